The van der Waals surface area contributed by atoms with Gasteiger partial charge < -0.3 is 10.6 Å². The maximum atomic E-state index is 11.2. The topological polar surface area (TPSA) is 99.1 Å². The van der Waals surface area contributed by atoms with Crippen LogP contribution in [0.4, 0.5) is 5.69 Å². The first-order valence-electron chi connectivity index (χ1n) is 4.48. The van der Waals surface area contributed by atoms with E-state index in [1.165, 1.54) is 0 Å². The molecule has 0 atom stereocenters. The van der Waals surface area contributed by atoms with Crippen LogP contribution in [0.15, 0.2) is 30.3 Å². The molecule has 83 valence electrons. The van der Waals surface area contributed by atoms with E-state index in [4.69, 9.17) is 5.73 Å². The Hall–Kier alpha value is -2.37. The molecular weight excluding hydrogens is 210 g/mol. The van der Waals surface area contributed by atoms with Crippen LogP contribution in [0.1, 0.15) is 0 Å². The van der Waals surface area contributed by atoms with Crippen molar-refractivity contribution >= 4 is 23.4 Å². The molecule has 3 amide bonds. The summed E-state index contributed by atoms with van der Waals surface area (Å²) < 4.78 is 0. The maximum Gasteiger partial charge on any atom is 0.313 e. The molecule has 3 N–H and O–H groups in total. The molecule has 6 heteroatoms. The number of hydrogen-bond donors (Lipinski definition) is 2. The van der Waals surface area contributed by atoms with Crippen LogP contribution in [-0.2, 0) is 14.4 Å². The molecule has 16 heavy (non-hydrogen) atoms. The summed E-state index contributed by atoms with van der Waals surface area (Å²) in [5.41, 5.74) is 7.03. The van der Waals surface area contributed by atoms with Crippen LogP contribution < -0.4 is 16.4 Å². The number of hydrogen-bond acceptors (Lipinski definition) is 3. The average molecular weight is 220 g/mol. The predicted molar refractivity (Wildman–Crippen MR) is 56.2 cm³/mol. The van der Waals surface area contributed by atoms with Gasteiger partial charge in [0.05, 0.1) is 6.54 Å². The lowest BCUT2D eigenvalue weighted by atomic mass is 10.3. The van der Waals surface area contributed by atoms with Crippen LogP contribution in [0.3, 0.4) is 0 Å². The highest BCUT2D eigenvalue weighted by Gasteiger charge is 2.13. The Bertz CT molecular complexity index is 403. The molecule has 0 unspecified atom stereocenters. The Kier molecular flexibility index (Phi) is 4.02. The molecule has 0 heterocycles. The SMILES string of the molecule is [NH]C(=O)CNC(=O)C(=O)Nc1ccccc1. The molecule has 0 saturated heterocycles. The standard InChI is InChI=1S/C10H10N3O3/c11-8(14)6-12-9(15)10(16)13-7-4-2-1-3-5-7/h1-5,11H,6H2,(H,12,15)(H,13,16). The first-order valence-corrected chi connectivity index (χ1v) is 4.48. The van der Waals surface area contributed by atoms with E-state index in [1.54, 1.807) is 30.3 Å². The molecule has 0 fully saturated rings. The average Bonchev–Trinajstić information content (AvgIpc) is 2.27. The molecule has 1 aromatic carbocycles. The highest BCUT2D eigenvalue weighted by atomic mass is 16.2. The minimum Gasteiger partial charge on any atom is -0.339 e. The van der Waals surface area contributed by atoms with Crippen molar-refractivity contribution in [2.24, 2.45) is 0 Å². The summed E-state index contributed by atoms with van der Waals surface area (Å²) in [7, 11) is 0. The summed E-state index contributed by atoms with van der Waals surface area (Å²) in [4.78, 5) is 32.6. The van der Waals surface area contributed by atoms with Gasteiger partial charge in [0, 0.05) is 5.69 Å². The molecule has 0 spiro atoms. The molecule has 1 radical (unpaired) electrons. The van der Waals surface area contributed by atoms with Gasteiger partial charge in [-0.25, -0.2) is 0 Å². The van der Waals surface area contributed by atoms with Gasteiger partial charge in [-0.1, -0.05) is 18.2 Å². The Labute approximate surface area is 91.8 Å². The lowest BCUT2D eigenvalue weighted by Crippen LogP contribution is -2.38. The minimum atomic E-state index is -0.958. The van der Waals surface area contributed by atoms with Gasteiger partial charge in [0.2, 0.25) is 0 Å². The number of para-hydroxylation sites is 1. The van der Waals surface area contributed by atoms with Crippen molar-refractivity contribution in [2.75, 3.05) is 11.9 Å². The molecule has 0 bridgehead atoms. The van der Waals surface area contributed by atoms with Gasteiger partial charge in [-0.15, -0.1) is 0 Å². The summed E-state index contributed by atoms with van der Waals surface area (Å²) >= 11 is 0. The fraction of sp³-hybridized carbons (Fsp3) is 0.100. The van der Waals surface area contributed by atoms with E-state index in [-0.39, 0.29) is 0 Å². The third kappa shape index (κ3) is 3.79. The van der Waals surface area contributed by atoms with E-state index in [1.807, 2.05) is 5.32 Å². The highest BCUT2D eigenvalue weighted by Crippen LogP contribution is 2.03. The number of nitrogens with one attached hydrogen (secondary N) is 3. The normalized spacial score (nSPS) is 9.25. The van der Waals surface area contributed by atoms with Gasteiger partial charge in [0.1, 0.15) is 0 Å². The van der Waals surface area contributed by atoms with E-state index in [9.17, 15) is 14.4 Å². The monoisotopic (exact) mass is 220 g/mol. The third-order valence-corrected chi connectivity index (χ3v) is 1.65. The number of carbonyl (C=O) groups is 3. The predicted octanol–water partition coefficient (Wildman–Crippen LogP) is -0.449. The molecule has 0 aromatic heterocycles. The van der Waals surface area contributed by atoms with Gasteiger partial charge in [-0.3, -0.25) is 20.1 Å². The lowest BCUT2D eigenvalue weighted by molar-refractivity contribution is -0.136. The van der Waals surface area contributed by atoms with E-state index in [0.29, 0.717) is 5.69 Å². The van der Waals surface area contributed by atoms with Gasteiger partial charge in [0.25, 0.3) is 5.91 Å². The van der Waals surface area contributed by atoms with E-state index in [2.05, 4.69) is 5.32 Å². The fourth-order valence-electron chi connectivity index (χ4n) is 0.950. The second-order valence-corrected chi connectivity index (χ2v) is 2.93. The maximum absolute atomic E-state index is 11.2. The van der Waals surface area contributed by atoms with E-state index < -0.39 is 24.3 Å². The Morgan fingerprint density at radius 3 is 2.25 bits per heavy atom. The van der Waals surface area contributed by atoms with Crippen molar-refractivity contribution in [3.8, 4) is 0 Å². The number of rotatable bonds is 3. The van der Waals surface area contributed by atoms with Crippen LogP contribution in [0, 0.1) is 0 Å². The zero-order valence-electron chi connectivity index (χ0n) is 8.32. The summed E-state index contributed by atoms with van der Waals surface area (Å²) in [5.74, 6) is -2.77. The van der Waals surface area contributed by atoms with Crippen LogP contribution in [0.2, 0.25) is 0 Å². The van der Waals surface area contributed by atoms with Crippen LogP contribution in [-0.4, -0.2) is 24.3 Å². The van der Waals surface area contributed by atoms with Crippen LogP contribution in [0.25, 0.3) is 0 Å². The molecule has 1 aromatic rings. The molecule has 0 aliphatic carbocycles. The van der Waals surface area contributed by atoms with Crippen molar-refractivity contribution in [3.05, 3.63) is 30.3 Å². The van der Waals surface area contributed by atoms with Crippen LogP contribution >= 0.6 is 0 Å². The second-order valence-electron chi connectivity index (χ2n) is 2.93. The number of anilines is 1. The van der Waals surface area contributed by atoms with Crippen molar-refractivity contribution in [3.63, 3.8) is 0 Å². The molecule has 0 aliphatic heterocycles. The van der Waals surface area contributed by atoms with E-state index in [0.717, 1.165) is 0 Å². The van der Waals surface area contributed by atoms with Crippen molar-refractivity contribution < 1.29 is 14.4 Å². The van der Waals surface area contributed by atoms with Gasteiger partial charge >= 0.3 is 11.8 Å². The first-order chi connectivity index (χ1) is 7.59. The number of amides is 3. The minimum absolute atomic E-state index is 0.471. The lowest BCUT2D eigenvalue weighted by Gasteiger charge is -2.04. The van der Waals surface area contributed by atoms with Gasteiger partial charge in [-0.05, 0) is 12.1 Å². The highest BCUT2D eigenvalue weighted by molar-refractivity contribution is 6.39. The molecule has 0 saturated carbocycles. The van der Waals surface area contributed by atoms with Crippen molar-refractivity contribution in [2.45, 2.75) is 0 Å². The molecule has 1 rings (SSSR count). The Morgan fingerprint density at radius 2 is 1.69 bits per heavy atom. The van der Waals surface area contributed by atoms with Crippen LogP contribution in [0.5, 0.6) is 0 Å². The summed E-state index contributed by atoms with van der Waals surface area (Å²) in [5, 5.41) is 4.36. The van der Waals surface area contributed by atoms with Crippen molar-refractivity contribution in [1.29, 1.82) is 0 Å². The molecular formula is C10H10N3O3. The largest absolute Gasteiger partial charge is 0.339 e. The zero-order chi connectivity index (χ0) is 12.0. The Balaban J connectivity index is 2.46. The summed E-state index contributed by atoms with van der Waals surface area (Å²) in [6, 6.07) is 8.44. The molecule has 0 aliphatic rings. The quantitative estimate of drug-likeness (QED) is 0.675. The zero-order valence-corrected chi connectivity index (χ0v) is 8.32. The fourth-order valence-corrected chi connectivity index (χ4v) is 0.950. The first kappa shape index (κ1) is 11.7. The summed E-state index contributed by atoms with van der Waals surface area (Å²) in [6.07, 6.45) is 0. The number of benzene rings is 1. The van der Waals surface area contributed by atoms with E-state index >= 15 is 0 Å². The smallest absolute Gasteiger partial charge is 0.313 e. The number of carbonyl (C=O) groups excluding carboxylic acids is 3. The van der Waals surface area contributed by atoms with Gasteiger partial charge in [-0.2, -0.15) is 0 Å². The second kappa shape index (κ2) is 5.50. The van der Waals surface area contributed by atoms with Gasteiger partial charge in [0.15, 0.2) is 0 Å². The molecule has 6 nitrogen and oxygen atoms in total. The third-order valence-electron chi connectivity index (χ3n) is 1.65. The Morgan fingerprint density at radius 1 is 1.06 bits per heavy atom. The summed E-state index contributed by atoms with van der Waals surface area (Å²) in [6.45, 7) is -0.471. The van der Waals surface area contributed by atoms with Crippen molar-refractivity contribution in [1.82, 2.24) is 11.1 Å².